The lowest BCUT2D eigenvalue weighted by Crippen LogP contribution is -2.40. The van der Waals surface area contributed by atoms with Crippen LogP contribution in [0, 0.1) is 0 Å². The van der Waals surface area contributed by atoms with E-state index in [9.17, 15) is 4.79 Å². The third-order valence-electron chi connectivity index (χ3n) is 2.83. The molecule has 0 heterocycles. The molecule has 1 amide bonds. The molecule has 2 N–H and O–H groups in total. The monoisotopic (exact) mass is 313 g/mol. The maximum atomic E-state index is 11.8. The fourth-order valence-corrected chi connectivity index (χ4v) is 2.01. The van der Waals surface area contributed by atoms with Crippen molar-refractivity contribution in [2.45, 2.75) is 38.6 Å². The van der Waals surface area contributed by atoms with Crippen molar-refractivity contribution in [2.75, 3.05) is 6.61 Å². The van der Waals surface area contributed by atoms with Gasteiger partial charge in [-0.15, -0.1) is 0 Å². The number of nitrogens with one attached hydrogen (secondary N) is 1. The van der Waals surface area contributed by atoms with Crippen LogP contribution in [0.2, 0.25) is 0 Å². The van der Waals surface area contributed by atoms with E-state index in [-0.39, 0.29) is 18.1 Å². The molecule has 1 rings (SSSR count). The molecule has 0 aromatic heterocycles. The van der Waals surface area contributed by atoms with Crippen LogP contribution in [0.1, 0.15) is 38.7 Å². The number of rotatable bonds is 6. The maximum absolute atomic E-state index is 11.8. The average molecular weight is 314 g/mol. The molecule has 0 saturated heterocycles. The smallest absolute Gasteiger partial charge is 0.220 e. The zero-order chi connectivity index (χ0) is 13.6. The summed E-state index contributed by atoms with van der Waals surface area (Å²) in [6.07, 6.45) is 1.85. The van der Waals surface area contributed by atoms with Gasteiger partial charge in [-0.05, 0) is 44.4 Å². The van der Waals surface area contributed by atoms with Gasteiger partial charge in [-0.2, -0.15) is 0 Å². The van der Waals surface area contributed by atoms with Crippen molar-refractivity contribution in [2.24, 2.45) is 0 Å². The second-order valence-corrected chi connectivity index (χ2v) is 5.78. The van der Waals surface area contributed by atoms with Crippen molar-refractivity contribution in [3.8, 4) is 0 Å². The maximum Gasteiger partial charge on any atom is 0.220 e. The van der Waals surface area contributed by atoms with E-state index in [0.717, 1.165) is 16.5 Å². The third-order valence-corrected chi connectivity index (χ3v) is 3.36. The lowest BCUT2D eigenvalue weighted by Gasteiger charge is -2.27. The number of carbonyl (C=O) groups is 1. The van der Waals surface area contributed by atoms with Crippen LogP contribution in [-0.2, 0) is 10.3 Å². The van der Waals surface area contributed by atoms with Gasteiger partial charge in [0.25, 0.3) is 0 Å². The van der Waals surface area contributed by atoms with E-state index in [0.29, 0.717) is 12.8 Å². The van der Waals surface area contributed by atoms with Crippen LogP contribution in [0.5, 0.6) is 0 Å². The van der Waals surface area contributed by atoms with Crippen molar-refractivity contribution in [3.63, 3.8) is 0 Å². The number of amides is 1. The molecule has 0 aliphatic heterocycles. The van der Waals surface area contributed by atoms with Gasteiger partial charge in [0.1, 0.15) is 0 Å². The first-order chi connectivity index (χ1) is 8.45. The number of hydrogen-bond donors (Lipinski definition) is 2. The van der Waals surface area contributed by atoms with Crippen LogP contribution in [-0.4, -0.2) is 17.6 Å². The first kappa shape index (κ1) is 15.2. The molecular weight excluding hydrogens is 294 g/mol. The van der Waals surface area contributed by atoms with Crippen LogP contribution in [0.3, 0.4) is 0 Å². The van der Waals surface area contributed by atoms with Crippen molar-refractivity contribution in [3.05, 3.63) is 34.3 Å². The molecule has 0 spiro atoms. The molecular formula is C14H20BrNO2. The van der Waals surface area contributed by atoms with E-state index >= 15 is 0 Å². The Labute approximate surface area is 117 Å². The van der Waals surface area contributed by atoms with Crippen LogP contribution < -0.4 is 5.32 Å². The quantitative estimate of drug-likeness (QED) is 0.793. The van der Waals surface area contributed by atoms with E-state index in [2.05, 4.69) is 21.2 Å². The highest BCUT2D eigenvalue weighted by molar-refractivity contribution is 9.10. The minimum Gasteiger partial charge on any atom is -0.396 e. The van der Waals surface area contributed by atoms with Gasteiger partial charge in [0, 0.05) is 17.5 Å². The molecule has 0 aliphatic carbocycles. The predicted octanol–water partition coefficient (Wildman–Crippen LogP) is 2.96. The van der Waals surface area contributed by atoms with Gasteiger partial charge in [-0.1, -0.05) is 28.1 Å². The summed E-state index contributed by atoms with van der Waals surface area (Å²) in [6, 6.07) is 7.93. The zero-order valence-electron chi connectivity index (χ0n) is 10.9. The van der Waals surface area contributed by atoms with Crippen molar-refractivity contribution < 1.29 is 9.90 Å². The summed E-state index contributed by atoms with van der Waals surface area (Å²) in [6.45, 7) is 4.11. The van der Waals surface area contributed by atoms with Crippen LogP contribution in [0.25, 0.3) is 0 Å². The zero-order valence-corrected chi connectivity index (χ0v) is 12.5. The fraction of sp³-hybridized carbons (Fsp3) is 0.500. The highest BCUT2D eigenvalue weighted by Crippen LogP contribution is 2.22. The molecule has 1 aromatic carbocycles. The first-order valence-corrected chi connectivity index (χ1v) is 6.93. The second kappa shape index (κ2) is 6.90. The molecule has 18 heavy (non-hydrogen) atoms. The highest BCUT2D eigenvalue weighted by atomic mass is 79.9. The van der Waals surface area contributed by atoms with Crippen molar-refractivity contribution in [1.82, 2.24) is 5.32 Å². The summed E-state index contributed by atoms with van der Waals surface area (Å²) in [7, 11) is 0. The molecule has 0 saturated carbocycles. The molecule has 0 unspecified atom stereocenters. The van der Waals surface area contributed by atoms with Gasteiger partial charge in [-0.25, -0.2) is 0 Å². The molecule has 0 radical (unpaired) electrons. The SMILES string of the molecule is CC(C)(NC(=O)CCCCO)c1ccc(Br)cc1. The van der Waals surface area contributed by atoms with Gasteiger partial charge >= 0.3 is 0 Å². The first-order valence-electron chi connectivity index (χ1n) is 6.13. The number of aliphatic hydroxyl groups is 1. The Hall–Kier alpha value is -0.870. The molecule has 0 fully saturated rings. The van der Waals surface area contributed by atoms with Crippen LogP contribution in [0.4, 0.5) is 0 Å². The Morgan fingerprint density at radius 2 is 1.89 bits per heavy atom. The molecule has 1 aromatic rings. The summed E-state index contributed by atoms with van der Waals surface area (Å²) in [5.74, 6) is 0.0244. The normalized spacial score (nSPS) is 11.3. The topological polar surface area (TPSA) is 49.3 Å². The van der Waals surface area contributed by atoms with Crippen LogP contribution >= 0.6 is 15.9 Å². The number of halogens is 1. The Balaban J connectivity index is 2.58. The Morgan fingerprint density at radius 1 is 1.28 bits per heavy atom. The standard InChI is InChI=1S/C14H20BrNO2/c1-14(2,11-6-8-12(15)9-7-11)16-13(18)5-3-4-10-17/h6-9,17H,3-5,10H2,1-2H3,(H,16,18). The van der Waals surface area contributed by atoms with E-state index in [4.69, 9.17) is 5.11 Å². The van der Waals surface area contributed by atoms with E-state index in [1.807, 2.05) is 38.1 Å². The highest BCUT2D eigenvalue weighted by Gasteiger charge is 2.22. The number of unbranched alkanes of at least 4 members (excludes halogenated alkanes) is 1. The van der Waals surface area contributed by atoms with E-state index < -0.39 is 0 Å². The minimum atomic E-state index is -0.378. The summed E-state index contributed by atoms with van der Waals surface area (Å²) in [5.41, 5.74) is 0.693. The van der Waals surface area contributed by atoms with Gasteiger partial charge in [0.05, 0.1) is 5.54 Å². The minimum absolute atomic E-state index is 0.0244. The molecule has 100 valence electrons. The summed E-state index contributed by atoms with van der Waals surface area (Å²) in [5, 5.41) is 11.7. The Morgan fingerprint density at radius 3 is 2.44 bits per heavy atom. The average Bonchev–Trinajstić information content (AvgIpc) is 2.29. The molecule has 0 atom stereocenters. The Kier molecular flexibility index (Phi) is 5.82. The van der Waals surface area contributed by atoms with Gasteiger partial charge in [-0.3, -0.25) is 4.79 Å². The lowest BCUT2D eigenvalue weighted by molar-refractivity contribution is -0.122. The van der Waals surface area contributed by atoms with Crippen molar-refractivity contribution in [1.29, 1.82) is 0 Å². The van der Waals surface area contributed by atoms with Gasteiger partial charge < -0.3 is 10.4 Å². The number of carbonyl (C=O) groups excluding carboxylic acids is 1. The molecule has 4 heteroatoms. The summed E-state index contributed by atoms with van der Waals surface area (Å²) in [4.78, 5) is 11.8. The summed E-state index contributed by atoms with van der Waals surface area (Å²) < 4.78 is 1.02. The van der Waals surface area contributed by atoms with Crippen LogP contribution in [0.15, 0.2) is 28.7 Å². The third kappa shape index (κ3) is 4.78. The number of benzene rings is 1. The van der Waals surface area contributed by atoms with E-state index in [1.165, 1.54) is 0 Å². The molecule has 3 nitrogen and oxygen atoms in total. The lowest BCUT2D eigenvalue weighted by atomic mass is 9.94. The molecule has 0 aliphatic rings. The fourth-order valence-electron chi connectivity index (χ4n) is 1.75. The largest absolute Gasteiger partial charge is 0.396 e. The molecule has 0 bridgehead atoms. The van der Waals surface area contributed by atoms with Gasteiger partial charge in [0.2, 0.25) is 5.91 Å². The second-order valence-electron chi connectivity index (χ2n) is 4.86. The number of aliphatic hydroxyl groups excluding tert-OH is 1. The van der Waals surface area contributed by atoms with Crippen molar-refractivity contribution >= 4 is 21.8 Å². The number of hydrogen-bond acceptors (Lipinski definition) is 2. The summed E-state index contributed by atoms with van der Waals surface area (Å²) >= 11 is 3.39. The Bertz CT molecular complexity index is 387. The predicted molar refractivity (Wildman–Crippen MR) is 76.2 cm³/mol. The van der Waals surface area contributed by atoms with E-state index in [1.54, 1.807) is 0 Å². The van der Waals surface area contributed by atoms with Gasteiger partial charge in [0.15, 0.2) is 0 Å².